The molecule has 0 aromatic heterocycles. The number of benzene rings is 1. The number of rotatable bonds is 2. The summed E-state index contributed by atoms with van der Waals surface area (Å²) >= 11 is 1.85. The predicted molar refractivity (Wildman–Crippen MR) is 66.0 cm³/mol. The molecule has 0 spiro atoms. The summed E-state index contributed by atoms with van der Waals surface area (Å²) in [5.41, 5.74) is 1.31. The Morgan fingerprint density at radius 2 is 2.38 bits per heavy atom. The van der Waals surface area contributed by atoms with Crippen LogP contribution in [0.5, 0.6) is 5.75 Å². The molecule has 86 valence electrons. The maximum atomic E-state index is 11.9. The number of hydrogen-bond donors (Lipinski definition) is 2. The van der Waals surface area contributed by atoms with E-state index in [0.29, 0.717) is 5.56 Å². The van der Waals surface area contributed by atoms with E-state index >= 15 is 0 Å². The van der Waals surface area contributed by atoms with Crippen LogP contribution in [0.4, 0.5) is 0 Å². The van der Waals surface area contributed by atoms with E-state index in [0.717, 1.165) is 23.5 Å². The van der Waals surface area contributed by atoms with Gasteiger partial charge in [-0.25, -0.2) is 0 Å². The van der Waals surface area contributed by atoms with Gasteiger partial charge in [-0.15, -0.1) is 0 Å². The van der Waals surface area contributed by atoms with Crippen molar-refractivity contribution in [2.24, 2.45) is 0 Å². The van der Waals surface area contributed by atoms with Crippen molar-refractivity contribution in [3.63, 3.8) is 0 Å². The van der Waals surface area contributed by atoms with Gasteiger partial charge in [-0.3, -0.25) is 4.79 Å². The van der Waals surface area contributed by atoms with Crippen molar-refractivity contribution in [3.05, 3.63) is 29.3 Å². The normalized spacial score (nSPS) is 19.7. The van der Waals surface area contributed by atoms with Crippen molar-refractivity contribution in [2.75, 3.05) is 11.5 Å². The summed E-state index contributed by atoms with van der Waals surface area (Å²) in [6, 6.07) is 5.36. The van der Waals surface area contributed by atoms with Crippen LogP contribution < -0.4 is 5.32 Å². The largest absolute Gasteiger partial charge is 0.507 e. The number of phenolic OH excluding ortho intramolecular Hbond substituents is 1. The highest BCUT2D eigenvalue weighted by Crippen LogP contribution is 2.21. The van der Waals surface area contributed by atoms with Crippen molar-refractivity contribution < 1.29 is 9.90 Å². The summed E-state index contributed by atoms with van der Waals surface area (Å²) in [5, 5.41) is 12.6. The van der Waals surface area contributed by atoms with Crippen LogP contribution in [0.15, 0.2) is 18.2 Å². The van der Waals surface area contributed by atoms with Crippen molar-refractivity contribution >= 4 is 17.7 Å². The second-order valence-corrected chi connectivity index (χ2v) is 5.20. The van der Waals surface area contributed by atoms with Gasteiger partial charge in [0.05, 0.1) is 5.56 Å². The molecular formula is C12H15NO2S. The van der Waals surface area contributed by atoms with E-state index in [4.69, 9.17) is 0 Å². The van der Waals surface area contributed by atoms with Crippen LogP contribution in [-0.4, -0.2) is 28.6 Å². The van der Waals surface area contributed by atoms with Crippen molar-refractivity contribution in [3.8, 4) is 5.75 Å². The molecule has 1 atom stereocenters. The third kappa shape index (κ3) is 2.50. The molecule has 4 heteroatoms. The van der Waals surface area contributed by atoms with Crippen LogP contribution in [0.25, 0.3) is 0 Å². The highest BCUT2D eigenvalue weighted by atomic mass is 32.2. The molecule has 2 N–H and O–H groups in total. The summed E-state index contributed by atoms with van der Waals surface area (Å²) < 4.78 is 0. The predicted octanol–water partition coefficient (Wildman–Crippen LogP) is 1.94. The molecule has 0 radical (unpaired) electrons. The summed E-state index contributed by atoms with van der Waals surface area (Å²) in [4.78, 5) is 11.9. The van der Waals surface area contributed by atoms with Crippen molar-refractivity contribution in [2.45, 2.75) is 19.4 Å². The minimum Gasteiger partial charge on any atom is -0.507 e. The molecule has 2 rings (SSSR count). The summed E-state index contributed by atoms with van der Waals surface area (Å²) in [5.74, 6) is 1.96. The first-order chi connectivity index (χ1) is 7.66. The maximum Gasteiger partial charge on any atom is 0.255 e. The Labute approximate surface area is 99.2 Å². The van der Waals surface area contributed by atoms with E-state index in [1.165, 1.54) is 0 Å². The van der Waals surface area contributed by atoms with Gasteiger partial charge < -0.3 is 10.4 Å². The zero-order valence-electron chi connectivity index (χ0n) is 9.19. The van der Waals surface area contributed by atoms with Gasteiger partial charge in [0, 0.05) is 11.8 Å². The molecule has 1 aliphatic heterocycles. The Morgan fingerprint density at radius 3 is 3.00 bits per heavy atom. The molecule has 0 bridgehead atoms. The Hall–Kier alpha value is -1.16. The number of thioether (sulfide) groups is 1. The minimum atomic E-state index is -0.176. The Bertz CT molecular complexity index is 400. The number of amides is 1. The van der Waals surface area contributed by atoms with Gasteiger partial charge in [-0.05, 0) is 36.8 Å². The molecule has 1 amide bonds. The molecule has 1 heterocycles. The van der Waals surface area contributed by atoms with Gasteiger partial charge in [0.15, 0.2) is 0 Å². The first kappa shape index (κ1) is 11.3. The lowest BCUT2D eigenvalue weighted by Crippen LogP contribution is -2.34. The summed E-state index contributed by atoms with van der Waals surface area (Å²) in [6.45, 7) is 1.88. The molecule has 3 nitrogen and oxygen atoms in total. The van der Waals surface area contributed by atoms with Crippen LogP contribution in [0, 0.1) is 6.92 Å². The zero-order chi connectivity index (χ0) is 11.5. The lowest BCUT2D eigenvalue weighted by Gasteiger charge is -2.12. The van der Waals surface area contributed by atoms with Crippen LogP contribution >= 0.6 is 11.8 Å². The Kier molecular flexibility index (Phi) is 3.39. The average molecular weight is 237 g/mol. The molecule has 16 heavy (non-hydrogen) atoms. The standard InChI is InChI=1S/C12H15NO2S/c1-8-2-3-10(11(14)6-8)12(15)13-9-4-5-16-7-9/h2-3,6,9,14H,4-5,7H2,1H3,(H,13,15). The topological polar surface area (TPSA) is 49.3 Å². The van der Waals surface area contributed by atoms with E-state index in [9.17, 15) is 9.90 Å². The third-order valence-electron chi connectivity index (χ3n) is 2.66. The van der Waals surface area contributed by atoms with E-state index in [1.54, 1.807) is 12.1 Å². The fourth-order valence-electron chi connectivity index (χ4n) is 1.75. The van der Waals surface area contributed by atoms with E-state index in [1.807, 2.05) is 24.8 Å². The maximum absolute atomic E-state index is 11.9. The average Bonchev–Trinajstić information content (AvgIpc) is 2.70. The Morgan fingerprint density at radius 1 is 1.56 bits per heavy atom. The van der Waals surface area contributed by atoms with Crippen molar-refractivity contribution in [1.82, 2.24) is 5.32 Å². The lowest BCUT2D eigenvalue weighted by molar-refractivity contribution is 0.0938. The van der Waals surface area contributed by atoms with Crippen LogP contribution in [-0.2, 0) is 0 Å². The van der Waals surface area contributed by atoms with Gasteiger partial charge in [0.25, 0.3) is 5.91 Å². The number of nitrogens with one attached hydrogen (secondary N) is 1. The Balaban J connectivity index is 2.08. The fourth-order valence-corrected chi connectivity index (χ4v) is 2.90. The second kappa shape index (κ2) is 4.78. The molecule has 1 aromatic rings. The minimum absolute atomic E-state index is 0.0585. The van der Waals surface area contributed by atoms with Crippen molar-refractivity contribution in [1.29, 1.82) is 0 Å². The lowest BCUT2D eigenvalue weighted by atomic mass is 10.1. The number of phenols is 1. The zero-order valence-corrected chi connectivity index (χ0v) is 10.0. The highest BCUT2D eigenvalue weighted by Gasteiger charge is 2.19. The molecule has 1 unspecified atom stereocenters. The molecule has 1 aliphatic rings. The molecule has 1 aromatic carbocycles. The molecule has 0 aliphatic carbocycles. The van der Waals surface area contributed by atoms with Gasteiger partial charge >= 0.3 is 0 Å². The number of hydrogen-bond acceptors (Lipinski definition) is 3. The fraction of sp³-hybridized carbons (Fsp3) is 0.417. The summed E-state index contributed by atoms with van der Waals surface area (Å²) in [7, 11) is 0. The SMILES string of the molecule is Cc1ccc(C(=O)NC2CCSC2)c(O)c1. The number of carbonyl (C=O) groups is 1. The number of carbonyl (C=O) groups excluding carboxylic acids is 1. The van der Waals surface area contributed by atoms with Crippen LogP contribution in [0.2, 0.25) is 0 Å². The van der Waals surface area contributed by atoms with Gasteiger partial charge in [0.1, 0.15) is 5.75 Å². The third-order valence-corrected chi connectivity index (χ3v) is 3.83. The van der Waals surface area contributed by atoms with Gasteiger partial charge in [-0.2, -0.15) is 11.8 Å². The number of aryl methyl sites for hydroxylation is 1. The monoisotopic (exact) mass is 237 g/mol. The van der Waals surface area contributed by atoms with E-state index < -0.39 is 0 Å². The molecular weight excluding hydrogens is 222 g/mol. The molecule has 0 saturated carbocycles. The number of aromatic hydroxyl groups is 1. The second-order valence-electron chi connectivity index (χ2n) is 4.05. The van der Waals surface area contributed by atoms with Crippen LogP contribution in [0.1, 0.15) is 22.3 Å². The van der Waals surface area contributed by atoms with Gasteiger partial charge in [0.2, 0.25) is 0 Å². The quantitative estimate of drug-likeness (QED) is 0.826. The summed E-state index contributed by atoms with van der Waals surface area (Å²) in [6.07, 6.45) is 1.02. The van der Waals surface area contributed by atoms with Crippen LogP contribution in [0.3, 0.4) is 0 Å². The molecule has 1 saturated heterocycles. The van der Waals surface area contributed by atoms with Gasteiger partial charge in [-0.1, -0.05) is 6.07 Å². The van der Waals surface area contributed by atoms with E-state index in [2.05, 4.69) is 5.32 Å². The highest BCUT2D eigenvalue weighted by molar-refractivity contribution is 7.99. The smallest absolute Gasteiger partial charge is 0.255 e. The first-order valence-corrected chi connectivity index (χ1v) is 6.50. The molecule has 1 fully saturated rings. The van der Waals surface area contributed by atoms with E-state index in [-0.39, 0.29) is 17.7 Å². The first-order valence-electron chi connectivity index (χ1n) is 5.35.